The number of aliphatic hydroxyl groups excluding tert-OH is 2. The number of ether oxygens (including phenoxy) is 4. The number of carbonyl (C=O) groups is 4. The quantitative estimate of drug-likeness (QED) is 0.280. The van der Waals surface area contributed by atoms with Crippen molar-refractivity contribution in [1.82, 2.24) is 0 Å². The van der Waals surface area contributed by atoms with Crippen LogP contribution in [0.25, 0.3) is 0 Å². The molecule has 0 aromatic carbocycles. The van der Waals surface area contributed by atoms with E-state index in [9.17, 15) is 29.4 Å². The van der Waals surface area contributed by atoms with Crippen LogP contribution < -0.4 is 0 Å². The van der Waals surface area contributed by atoms with Crippen molar-refractivity contribution in [2.24, 2.45) is 34.0 Å². The van der Waals surface area contributed by atoms with E-state index in [1.165, 1.54) is 12.5 Å². The van der Waals surface area contributed by atoms with Gasteiger partial charge in [-0.2, -0.15) is 0 Å². The lowest BCUT2D eigenvalue weighted by molar-refractivity contribution is -0.289. The molecule has 2 bridgehead atoms. The first-order valence-electron chi connectivity index (χ1n) is 14.8. The van der Waals surface area contributed by atoms with E-state index in [0.29, 0.717) is 12.0 Å². The molecule has 11 unspecified atom stereocenters. The Labute approximate surface area is 250 Å². The van der Waals surface area contributed by atoms with Crippen LogP contribution in [-0.4, -0.2) is 71.0 Å². The number of rotatable bonds is 6. The summed E-state index contributed by atoms with van der Waals surface area (Å²) in [5, 5.41) is 23.5. The predicted octanol–water partition coefficient (Wildman–Crippen LogP) is 3.07. The van der Waals surface area contributed by atoms with Gasteiger partial charge in [-0.3, -0.25) is 14.4 Å². The second-order valence-corrected chi connectivity index (χ2v) is 13.8. The van der Waals surface area contributed by atoms with E-state index in [1.807, 2.05) is 13.8 Å². The van der Waals surface area contributed by atoms with Crippen LogP contribution >= 0.6 is 0 Å². The van der Waals surface area contributed by atoms with Gasteiger partial charge in [-0.25, -0.2) is 4.79 Å². The van der Waals surface area contributed by atoms with Crippen LogP contribution in [-0.2, 0) is 38.1 Å². The van der Waals surface area contributed by atoms with E-state index in [-0.39, 0.29) is 24.2 Å². The van der Waals surface area contributed by atoms with Gasteiger partial charge < -0.3 is 33.6 Å². The van der Waals surface area contributed by atoms with E-state index < -0.39 is 88.0 Å². The lowest BCUT2D eigenvalue weighted by Gasteiger charge is -2.60. The molecule has 2 N–H and O–H groups in total. The van der Waals surface area contributed by atoms with Gasteiger partial charge in [-0.15, -0.1) is 0 Å². The fraction of sp³-hybridized carbons (Fsp3) is 0.688. The first-order chi connectivity index (χ1) is 20.0. The van der Waals surface area contributed by atoms with Gasteiger partial charge in [0, 0.05) is 39.2 Å². The number of hydrogen-bond acceptors (Lipinski definition) is 11. The van der Waals surface area contributed by atoms with Crippen molar-refractivity contribution in [3.05, 3.63) is 36.3 Å². The minimum atomic E-state index is -1.77. The summed E-state index contributed by atoms with van der Waals surface area (Å²) < 4.78 is 29.2. The number of aliphatic hydroxyl groups is 2. The van der Waals surface area contributed by atoms with Crippen LogP contribution in [0.15, 0.2) is 35.2 Å². The highest BCUT2D eigenvalue weighted by Gasteiger charge is 2.78. The van der Waals surface area contributed by atoms with E-state index in [0.717, 1.165) is 7.11 Å². The SMILES string of the molecule is C=C1C(=O)C2CC3(C)C(c4ccoc4)OC(=O)CC13OC1C(OC(=O)C(C)CC)C(O)C(C)(C)C(C(O)C(=O)OC)C21C. The van der Waals surface area contributed by atoms with Crippen LogP contribution in [0.5, 0.6) is 0 Å². The number of cyclic esters (lactones) is 1. The fourth-order valence-electron chi connectivity index (χ4n) is 8.66. The lowest BCUT2D eigenvalue weighted by Crippen LogP contribution is -2.70. The monoisotopic (exact) mass is 602 g/mol. The standard InChI is InChI=1S/C32H42O11/c1-9-15(2)27(37)42-22-24(36)29(4,5)23(21(35)28(38)39-8)31(7)18-12-30(6)25(17-10-11-40-14-17)41-19(33)13-32(30,43-26(22)31)16(3)20(18)34/h10-11,14-15,18,21-26,35-36H,3,9,12-13H2,1-2,4-8H3. The van der Waals surface area contributed by atoms with Gasteiger partial charge in [0.05, 0.1) is 38.1 Å². The van der Waals surface area contributed by atoms with Crippen molar-refractivity contribution >= 4 is 23.7 Å². The Hall–Kier alpha value is -3.02. The molecule has 3 aliphatic heterocycles. The van der Waals surface area contributed by atoms with Crippen LogP contribution in [0.1, 0.15) is 72.5 Å². The Bertz CT molecular complexity index is 1330. The predicted molar refractivity (Wildman–Crippen MR) is 149 cm³/mol. The molecule has 3 saturated heterocycles. The highest BCUT2D eigenvalue weighted by molar-refractivity contribution is 6.02. The Balaban J connectivity index is 1.79. The number of carbonyl (C=O) groups excluding carboxylic acids is 4. The summed E-state index contributed by atoms with van der Waals surface area (Å²) in [5.41, 5.74) is -4.81. The van der Waals surface area contributed by atoms with E-state index in [1.54, 1.807) is 33.8 Å². The second kappa shape index (κ2) is 10.3. The third-order valence-corrected chi connectivity index (χ3v) is 11.3. The summed E-state index contributed by atoms with van der Waals surface area (Å²) >= 11 is 0. The maximum Gasteiger partial charge on any atom is 0.335 e. The zero-order valence-electron chi connectivity index (χ0n) is 25.7. The highest BCUT2D eigenvalue weighted by atomic mass is 16.6. The minimum Gasteiger partial charge on any atom is -0.472 e. The summed E-state index contributed by atoms with van der Waals surface area (Å²) in [6.07, 6.45) is -3.49. The Morgan fingerprint density at radius 3 is 2.44 bits per heavy atom. The van der Waals surface area contributed by atoms with Crippen LogP contribution in [0.3, 0.4) is 0 Å². The number of ketones is 1. The topological polar surface area (TPSA) is 159 Å². The van der Waals surface area contributed by atoms with Gasteiger partial charge in [0.2, 0.25) is 0 Å². The van der Waals surface area contributed by atoms with Crippen molar-refractivity contribution in [2.45, 2.75) is 96.9 Å². The van der Waals surface area contributed by atoms with Gasteiger partial charge in [0.25, 0.3) is 0 Å². The second-order valence-electron chi connectivity index (χ2n) is 13.8. The number of furan rings is 1. The van der Waals surface area contributed by atoms with Crippen molar-refractivity contribution in [2.75, 3.05) is 7.11 Å². The van der Waals surface area contributed by atoms with Crippen molar-refractivity contribution < 1.29 is 52.8 Å². The normalized spacial score (nSPS) is 41.3. The smallest absolute Gasteiger partial charge is 0.335 e. The average molecular weight is 603 g/mol. The van der Waals surface area contributed by atoms with Gasteiger partial charge >= 0.3 is 17.9 Å². The molecule has 5 fully saturated rings. The van der Waals surface area contributed by atoms with Gasteiger partial charge in [0.1, 0.15) is 17.8 Å². The van der Waals surface area contributed by atoms with E-state index in [4.69, 9.17) is 23.4 Å². The van der Waals surface area contributed by atoms with Crippen molar-refractivity contribution in [3.8, 4) is 0 Å². The molecule has 1 aromatic heterocycles. The number of Topliss-reactive ketones (excluding diaryl/α,β-unsaturated/α-hetero) is 1. The van der Waals surface area contributed by atoms with Gasteiger partial charge in [0.15, 0.2) is 18.0 Å². The van der Waals surface area contributed by atoms with Crippen LogP contribution in [0.4, 0.5) is 0 Å². The summed E-state index contributed by atoms with van der Waals surface area (Å²) in [7, 11) is 1.14. The van der Waals surface area contributed by atoms with Gasteiger partial charge in [-0.1, -0.05) is 48.1 Å². The molecule has 1 aromatic rings. The van der Waals surface area contributed by atoms with Crippen molar-refractivity contribution in [1.29, 1.82) is 0 Å². The highest BCUT2D eigenvalue weighted by Crippen LogP contribution is 2.71. The van der Waals surface area contributed by atoms with Crippen LogP contribution in [0, 0.1) is 34.0 Å². The largest absolute Gasteiger partial charge is 0.472 e. The molecule has 236 valence electrons. The van der Waals surface area contributed by atoms with E-state index in [2.05, 4.69) is 6.58 Å². The molecule has 6 rings (SSSR count). The third kappa shape index (κ3) is 4.10. The lowest BCUT2D eigenvalue weighted by atomic mass is 9.44. The third-order valence-electron chi connectivity index (χ3n) is 11.3. The van der Waals surface area contributed by atoms with Crippen LogP contribution in [0.2, 0.25) is 0 Å². The van der Waals surface area contributed by atoms with Gasteiger partial charge in [-0.05, 0) is 18.9 Å². The van der Waals surface area contributed by atoms with E-state index >= 15 is 0 Å². The molecular weight excluding hydrogens is 560 g/mol. The minimum absolute atomic E-state index is 0.0534. The molecule has 11 atom stereocenters. The average Bonchev–Trinajstić information content (AvgIpc) is 3.46. The molecule has 5 aliphatic rings. The molecule has 43 heavy (non-hydrogen) atoms. The first-order valence-corrected chi connectivity index (χ1v) is 14.8. The summed E-state index contributed by atoms with van der Waals surface area (Å²) in [6, 6.07) is 1.67. The molecule has 4 heterocycles. The zero-order chi connectivity index (χ0) is 31.9. The number of esters is 3. The Morgan fingerprint density at radius 2 is 1.86 bits per heavy atom. The molecule has 2 aliphatic carbocycles. The summed E-state index contributed by atoms with van der Waals surface area (Å²) in [4.78, 5) is 53.9. The molecule has 0 amide bonds. The zero-order valence-corrected chi connectivity index (χ0v) is 25.7. The maximum absolute atomic E-state index is 14.4. The first kappa shape index (κ1) is 31.4. The molecule has 2 saturated carbocycles. The number of methoxy groups -OCH3 is 1. The number of fused-ring (bicyclic) bond motifs is 1. The fourth-order valence-corrected chi connectivity index (χ4v) is 8.66. The summed E-state index contributed by atoms with van der Waals surface area (Å²) in [5.74, 6) is -5.09. The molecule has 0 radical (unpaired) electrons. The Kier molecular flexibility index (Phi) is 7.50. The molecule has 1 spiro atoms. The molecule has 11 heteroatoms. The Morgan fingerprint density at radius 1 is 1.19 bits per heavy atom. The summed E-state index contributed by atoms with van der Waals surface area (Å²) in [6.45, 7) is 14.6. The molecule has 11 nitrogen and oxygen atoms in total. The van der Waals surface area contributed by atoms with Crippen molar-refractivity contribution in [3.63, 3.8) is 0 Å². The number of hydrogen-bond donors (Lipinski definition) is 2. The molecular formula is C32H42O11. The maximum atomic E-state index is 14.4.